The first kappa shape index (κ1) is 21.4. The second-order valence-corrected chi connectivity index (χ2v) is 8.15. The van der Waals surface area contributed by atoms with Gasteiger partial charge in [-0.3, -0.25) is 4.99 Å². The number of ether oxygens (including phenoxy) is 1. The number of benzene rings is 1. The molecule has 158 valence electrons. The van der Waals surface area contributed by atoms with Gasteiger partial charge in [-0.2, -0.15) is 0 Å². The number of nitrogens with one attached hydrogen (secondary N) is 2. The molecular formula is C23H35N5O. The van der Waals surface area contributed by atoms with Crippen molar-refractivity contribution in [2.45, 2.75) is 52.1 Å². The molecule has 1 aliphatic rings. The maximum absolute atomic E-state index is 5.34. The van der Waals surface area contributed by atoms with Gasteiger partial charge in [-0.1, -0.05) is 37.1 Å². The number of aromatic nitrogens is 2. The first-order valence-corrected chi connectivity index (χ1v) is 10.6. The second kappa shape index (κ2) is 10.4. The van der Waals surface area contributed by atoms with Crippen molar-refractivity contribution in [3.8, 4) is 0 Å². The molecule has 0 radical (unpaired) electrons. The summed E-state index contributed by atoms with van der Waals surface area (Å²) in [6.07, 6.45) is 10.2. The van der Waals surface area contributed by atoms with Crippen molar-refractivity contribution in [3.05, 3.63) is 53.6 Å². The van der Waals surface area contributed by atoms with Crippen LogP contribution < -0.4 is 10.6 Å². The number of hydrogen-bond donors (Lipinski definition) is 2. The van der Waals surface area contributed by atoms with Crippen LogP contribution in [0, 0.1) is 12.3 Å². The Labute approximate surface area is 174 Å². The van der Waals surface area contributed by atoms with Crippen molar-refractivity contribution in [1.82, 2.24) is 20.2 Å². The van der Waals surface area contributed by atoms with Gasteiger partial charge in [0.15, 0.2) is 5.96 Å². The van der Waals surface area contributed by atoms with Gasteiger partial charge in [0.2, 0.25) is 0 Å². The van der Waals surface area contributed by atoms with Gasteiger partial charge in [-0.15, -0.1) is 0 Å². The van der Waals surface area contributed by atoms with Gasteiger partial charge >= 0.3 is 0 Å². The molecule has 0 atom stereocenters. The molecule has 29 heavy (non-hydrogen) atoms. The van der Waals surface area contributed by atoms with Crippen molar-refractivity contribution in [2.24, 2.45) is 10.4 Å². The molecule has 0 bridgehead atoms. The van der Waals surface area contributed by atoms with E-state index in [0.717, 1.165) is 44.4 Å². The lowest BCUT2D eigenvalue weighted by Crippen LogP contribution is -2.43. The summed E-state index contributed by atoms with van der Waals surface area (Å²) in [6.45, 7) is 5.41. The molecule has 1 fully saturated rings. The van der Waals surface area contributed by atoms with Gasteiger partial charge in [-0.25, -0.2) is 4.98 Å². The molecule has 0 spiro atoms. The van der Waals surface area contributed by atoms with Crippen LogP contribution in [-0.2, 0) is 17.8 Å². The summed E-state index contributed by atoms with van der Waals surface area (Å²) < 4.78 is 7.50. The smallest absolute Gasteiger partial charge is 0.191 e. The average molecular weight is 398 g/mol. The van der Waals surface area contributed by atoms with Crippen LogP contribution in [0.25, 0.3) is 0 Å². The average Bonchev–Trinajstić information content (AvgIpc) is 3.37. The molecule has 1 saturated carbocycles. The summed E-state index contributed by atoms with van der Waals surface area (Å²) in [5.41, 5.74) is 2.87. The lowest BCUT2D eigenvalue weighted by atomic mass is 9.83. The number of guanidine groups is 1. The zero-order chi connectivity index (χ0) is 20.5. The first-order valence-electron chi connectivity index (χ1n) is 10.6. The number of rotatable bonds is 9. The van der Waals surface area contributed by atoms with Crippen LogP contribution in [0.3, 0.4) is 0 Å². The highest BCUT2D eigenvalue weighted by Gasteiger charge is 2.33. The van der Waals surface area contributed by atoms with E-state index in [4.69, 9.17) is 4.74 Å². The molecule has 1 aromatic carbocycles. The van der Waals surface area contributed by atoms with Crippen LogP contribution >= 0.6 is 0 Å². The highest BCUT2D eigenvalue weighted by atomic mass is 16.5. The molecule has 6 heteroatoms. The molecule has 1 heterocycles. The highest BCUT2D eigenvalue weighted by Crippen LogP contribution is 2.40. The summed E-state index contributed by atoms with van der Waals surface area (Å²) in [5, 5.41) is 7.03. The fourth-order valence-electron chi connectivity index (χ4n) is 4.24. The summed E-state index contributed by atoms with van der Waals surface area (Å²) in [5.74, 6) is 1.90. The minimum Gasteiger partial charge on any atom is -0.385 e. The third kappa shape index (κ3) is 6.07. The van der Waals surface area contributed by atoms with E-state index in [1.807, 2.05) is 26.4 Å². The molecule has 0 unspecified atom stereocenters. The Kier molecular flexibility index (Phi) is 7.69. The molecule has 0 saturated heterocycles. The van der Waals surface area contributed by atoms with Crippen molar-refractivity contribution < 1.29 is 4.74 Å². The van der Waals surface area contributed by atoms with Crippen molar-refractivity contribution in [2.75, 3.05) is 27.3 Å². The number of imidazole rings is 1. The number of methoxy groups -OCH3 is 1. The van der Waals surface area contributed by atoms with Crippen molar-refractivity contribution >= 4 is 5.96 Å². The summed E-state index contributed by atoms with van der Waals surface area (Å²) in [4.78, 5) is 8.72. The molecule has 3 rings (SSSR count). The van der Waals surface area contributed by atoms with Gasteiger partial charge in [0.05, 0.1) is 0 Å². The number of aliphatic imine (C=N–C) groups is 1. The van der Waals surface area contributed by atoms with E-state index >= 15 is 0 Å². The normalized spacial score (nSPS) is 16.2. The fourth-order valence-corrected chi connectivity index (χ4v) is 4.24. The van der Waals surface area contributed by atoms with Crippen LogP contribution in [-0.4, -0.2) is 42.8 Å². The van der Waals surface area contributed by atoms with E-state index in [1.54, 1.807) is 7.11 Å². The number of nitrogens with zero attached hydrogens (tertiary/aromatic N) is 3. The van der Waals surface area contributed by atoms with Crippen LogP contribution in [0.2, 0.25) is 0 Å². The van der Waals surface area contributed by atoms with E-state index in [9.17, 15) is 0 Å². The van der Waals surface area contributed by atoms with Crippen LogP contribution in [0.1, 0.15) is 49.1 Å². The third-order valence-electron chi connectivity index (χ3n) is 6.08. The molecule has 0 aliphatic heterocycles. The Bertz CT molecular complexity index is 792. The minimum absolute atomic E-state index is 0.343. The van der Waals surface area contributed by atoms with E-state index in [1.165, 1.54) is 36.8 Å². The second-order valence-electron chi connectivity index (χ2n) is 8.15. The topological polar surface area (TPSA) is 63.5 Å². The molecule has 1 aliphatic carbocycles. The molecule has 6 nitrogen and oxygen atoms in total. The van der Waals surface area contributed by atoms with Crippen LogP contribution in [0.15, 0.2) is 41.7 Å². The van der Waals surface area contributed by atoms with Gasteiger partial charge in [0.1, 0.15) is 5.82 Å². The third-order valence-corrected chi connectivity index (χ3v) is 6.08. The van der Waals surface area contributed by atoms with Gasteiger partial charge < -0.3 is 19.9 Å². The SMILES string of the molecule is CN=C(NCc1cccc(Cn2ccnc2C)c1)NCC1(CCOC)CCCC1. The summed E-state index contributed by atoms with van der Waals surface area (Å²) in [6, 6.07) is 8.68. The van der Waals surface area contributed by atoms with E-state index in [2.05, 4.69) is 49.4 Å². The Hall–Kier alpha value is -2.34. The number of aryl methyl sites for hydroxylation is 1. The minimum atomic E-state index is 0.343. The van der Waals surface area contributed by atoms with Crippen molar-refractivity contribution in [3.63, 3.8) is 0 Å². The maximum Gasteiger partial charge on any atom is 0.191 e. The Morgan fingerprint density at radius 2 is 2.03 bits per heavy atom. The lowest BCUT2D eigenvalue weighted by molar-refractivity contribution is 0.138. The van der Waals surface area contributed by atoms with Gasteiger partial charge in [0, 0.05) is 52.8 Å². The van der Waals surface area contributed by atoms with Crippen molar-refractivity contribution in [1.29, 1.82) is 0 Å². The van der Waals surface area contributed by atoms with Gasteiger partial charge in [0.25, 0.3) is 0 Å². The van der Waals surface area contributed by atoms with Gasteiger partial charge in [-0.05, 0) is 42.7 Å². The Morgan fingerprint density at radius 1 is 1.24 bits per heavy atom. The van der Waals surface area contributed by atoms with E-state index in [0.29, 0.717) is 5.41 Å². The van der Waals surface area contributed by atoms with E-state index in [-0.39, 0.29) is 0 Å². The quantitative estimate of drug-likeness (QED) is 0.502. The van der Waals surface area contributed by atoms with E-state index < -0.39 is 0 Å². The summed E-state index contributed by atoms with van der Waals surface area (Å²) >= 11 is 0. The standard InChI is InChI=1S/C23H35N5O/c1-19-25-12-13-28(19)17-21-8-6-7-20(15-21)16-26-22(24-2)27-18-23(11-14-29-3)9-4-5-10-23/h6-8,12-13,15H,4-5,9-11,14,16-18H2,1-3H3,(H2,24,26,27). The fraction of sp³-hybridized carbons (Fsp3) is 0.565. The number of hydrogen-bond acceptors (Lipinski definition) is 3. The van der Waals surface area contributed by atoms with Crippen LogP contribution in [0.4, 0.5) is 0 Å². The summed E-state index contributed by atoms with van der Waals surface area (Å²) in [7, 11) is 3.63. The molecule has 2 N–H and O–H groups in total. The predicted octanol–water partition coefficient (Wildman–Crippen LogP) is 3.50. The zero-order valence-corrected chi connectivity index (χ0v) is 18.1. The van der Waals surface area contributed by atoms with Crippen LogP contribution in [0.5, 0.6) is 0 Å². The largest absolute Gasteiger partial charge is 0.385 e. The predicted molar refractivity (Wildman–Crippen MR) is 118 cm³/mol. The maximum atomic E-state index is 5.34. The molecule has 2 aromatic rings. The molecule has 1 aromatic heterocycles. The highest BCUT2D eigenvalue weighted by molar-refractivity contribution is 5.79. The zero-order valence-electron chi connectivity index (χ0n) is 18.1. The lowest BCUT2D eigenvalue weighted by Gasteiger charge is -2.30. The first-order chi connectivity index (χ1) is 14.1. The molecule has 0 amide bonds. The monoisotopic (exact) mass is 397 g/mol. The Balaban J connectivity index is 1.53. The Morgan fingerprint density at radius 3 is 2.72 bits per heavy atom. The molecular weight excluding hydrogens is 362 g/mol.